The lowest BCUT2D eigenvalue weighted by atomic mass is 10.1. The molecule has 0 saturated heterocycles. The number of nitrogens with zero attached hydrogens (tertiary/aromatic N) is 4. The van der Waals surface area contributed by atoms with E-state index in [1.54, 1.807) is 22.8 Å². The number of halogens is 1. The number of rotatable bonds is 4. The van der Waals surface area contributed by atoms with E-state index in [-0.39, 0.29) is 11.9 Å². The molecule has 0 unspecified atom stereocenters. The van der Waals surface area contributed by atoms with Crippen LogP contribution in [0.4, 0.5) is 0 Å². The fraction of sp³-hybridized carbons (Fsp3) is 0.167. The van der Waals surface area contributed by atoms with Crippen LogP contribution in [0.2, 0.25) is 0 Å². The zero-order valence-corrected chi connectivity index (χ0v) is 15.0. The first-order valence-electron chi connectivity index (χ1n) is 7.57. The van der Waals surface area contributed by atoms with Crippen molar-refractivity contribution >= 4 is 21.8 Å². The average Bonchev–Trinajstić information content (AvgIpc) is 3.11. The lowest BCUT2D eigenvalue weighted by Gasteiger charge is -2.24. The quantitative estimate of drug-likeness (QED) is 0.685. The number of amides is 1. The van der Waals surface area contributed by atoms with E-state index in [2.05, 4.69) is 26.2 Å². The Kier molecular flexibility index (Phi) is 4.76. The van der Waals surface area contributed by atoms with Crippen LogP contribution in [0.15, 0.2) is 65.3 Å². The molecule has 1 amide bonds. The van der Waals surface area contributed by atoms with Crippen molar-refractivity contribution in [1.29, 1.82) is 0 Å². The maximum atomic E-state index is 12.7. The maximum absolute atomic E-state index is 12.7. The minimum Gasteiger partial charge on any atom is -0.334 e. The molecule has 3 rings (SSSR count). The molecule has 1 heterocycles. The zero-order valence-electron chi connectivity index (χ0n) is 13.4. The van der Waals surface area contributed by atoms with Crippen LogP contribution in [0.25, 0.3) is 5.69 Å². The summed E-state index contributed by atoms with van der Waals surface area (Å²) in [4.78, 5) is 14.4. The zero-order chi connectivity index (χ0) is 17.1. The lowest BCUT2D eigenvalue weighted by Crippen LogP contribution is -2.29. The van der Waals surface area contributed by atoms with Gasteiger partial charge in [0, 0.05) is 11.5 Å². The molecular weight excluding hydrogens is 368 g/mol. The van der Waals surface area contributed by atoms with Gasteiger partial charge in [-0.05, 0) is 40.5 Å². The summed E-state index contributed by atoms with van der Waals surface area (Å²) in [5.74, 6) is -0.162. The third kappa shape index (κ3) is 3.23. The van der Waals surface area contributed by atoms with Gasteiger partial charge in [-0.25, -0.2) is 4.68 Å². The average molecular weight is 385 g/mol. The molecule has 3 aromatic rings. The molecule has 2 aromatic carbocycles. The van der Waals surface area contributed by atoms with E-state index < -0.39 is 0 Å². The van der Waals surface area contributed by atoms with Gasteiger partial charge in [0.15, 0.2) is 5.69 Å². The Hall–Kier alpha value is -2.47. The third-order valence-electron chi connectivity index (χ3n) is 4.00. The normalized spacial score (nSPS) is 12.0. The van der Waals surface area contributed by atoms with Crippen molar-refractivity contribution in [2.75, 3.05) is 7.05 Å². The van der Waals surface area contributed by atoms with E-state index in [9.17, 15) is 4.79 Å². The highest BCUT2D eigenvalue weighted by atomic mass is 79.9. The molecule has 0 fully saturated rings. The summed E-state index contributed by atoms with van der Waals surface area (Å²) in [5.41, 5.74) is 2.23. The Morgan fingerprint density at radius 2 is 1.79 bits per heavy atom. The van der Waals surface area contributed by atoms with Gasteiger partial charge in [-0.2, -0.15) is 0 Å². The van der Waals surface area contributed by atoms with Gasteiger partial charge in [0.2, 0.25) is 0 Å². The highest BCUT2D eigenvalue weighted by Crippen LogP contribution is 2.22. The van der Waals surface area contributed by atoms with E-state index in [4.69, 9.17) is 0 Å². The predicted octanol–water partition coefficient (Wildman–Crippen LogP) is 3.86. The van der Waals surface area contributed by atoms with Crippen LogP contribution in [0, 0.1) is 0 Å². The molecule has 6 heteroatoms. The van der Waals surface area contributed by atoms with Gasteiger partial charge in [-0.15, -0.1) is 5.10 Å². The summed E-state index contributed by atoms with van der Waals surface area (Å²) >= 11 is 3.48. The number of para-hydroxylation sites is 1. The predicted molar refractivity (Wildman–Crippen MR) is 96.0 cm³/mol. The summed E-state index contributed by atoms with van der Waals surface area (Å²) in [6, 6.07) is 17.5. The molecular formula is C18H17BrN4O. The van der Waals surface area contributed by atoms with E-state index in [0.29, 0.717) is 5.69 Å². The van der Waals surface area contributed by atoms with Crippen LogP contribution in [-0.4, -0.2) is 32.8 Å². The fourth-order valence-corrected chi connectivity index (χ4v) is 2.90. The molecule has 0 bridgehead atoms. The molecule has 5 nitrogen and oxygen atoms in total. The van der Waals surface area contributed by atoms with Crippen molar-refractivity contribution in [2.45, 2.75) is 13.0 Å². The highest BCUT2D eigenvalue weighted by Gasteiger charge is 2.21. The first-order chi connectivity index (χ1) is 11.6. The first-order valence-corrected chi connectivity index (χ1v) is 8.36. The number of hydrogen-bond donors (Lipinski definition) is 0. The van der Waals surface area contributed by atoms with Gasteiger partial charge in [0.25, 0.3) is 5.91 Å². The lowest BCUT2D eigenvalue weighted by molar-refractivity contribution is 0.0736. The molecule has 0 aliphatic heterocycles. The van der Waals surface area contributed by atoms with Crippen LogP contribution < -0.4 is 0 Å². The van der Waals surface area contributed by atoms with E-state index in [1.807, 2.05) is 61.5 Å². The molecule has 1 aromatic heterocycles. The fourth-order valence-electron chi connectivity index (χ4n) is 2.43. The maximum Gasteiger partial charge on any atom is 0.276 e. The number of carbonyl (C=O) groups is 1. The summed E-state index contributed by atoms with van der Waals surface area (Å²) in [7, 11) is 1.78. The molecule has 0 radical (unpaired) electrons. The molecule has 122 valence electrons. The first kappa shape index (κ1) is 16.4. The minimum atomic E-state index is -0.162. The number of hydrogen-bond acceptors (Lipinski definition) is 3. The molecule has 0 spiro atoms. The Morgan fingerprint density at radius 3 is 2.50 bits per heavy atom. The van der Waals surface area contributed by atoms with Gasteiger partial charge in [-0.3, -0.25) is 4.79 Å². The van der Waals surface area contributed by atoms with Crippen molar-refractivity contribution < 1.29 is 4.79 Å². The Labute approximate surface area is 149 Å². The molecule has 1 atom stereocenters. The van der Waals surface area contributed by atoms with Crippen LogP contribution in [0.3, 0.4) is 0 Å². The van der Waals surface area contributed by atoms with E-state index in [1.165, 1.54) is 0 Å². The largest absolute Gasteiger partial charge is 0.334 e. The van der Waals surface area contributed by atoms with E-state index in [0.717, 1.165) is 15.7 Å². The van der Waals surface area contributed by atoms with Crippen LogP contribution in [0.1, 0.15) is 29.0 Å². The smallest absolute Gasteiger partial charge is 0.276 e. The summed E-state index contributed by atoms with van der Waals surface area (Å²) in [6.07, 6.45) is 1.65. The number of benzene rings is 2. The molecule has 0 aliphatic rings. The van der Waals surface area contributed by atoms with Crippen molar-refractivity contribution in [3.05, 3.63) is 76.5 Å². The van der Waals surface area contributed by atoms with Gasteiger partial charge >= 0.3 is 0 Å². The third-order valence-corrected chi connectivity index (χ3v) is 4.67. The van der Waals surface area contributed by atoms with Gasteiger partial charge in [-0.1, -0.05) is 47.7 Å². The second kappa shape index (κ2) is 6.97. The second-order valence-electron chi connectivity index (χ2n) is 5.50. The number of aromatic nitrogens is 3. The Balaban J connectivity index is 1.82. The van der Waals surface area contributed by atoms with E-state index >= 15 is 0 Å². The molecule has 0 N–H and O–H groups in total. The van der Waals surface area contributed by atoms with Crippen molar-refractivity contribution in [3.8, 4) is 5.69 Å². The monoisotopic (exact) mass is 384 g/mol. The van der Waals surface area contributed by atoms with Gasteiger partial charge in [0.05, 0.1) is 17.9 Å². The standard InChI is InChI=1S/C18H17BrN4O/c1-13(14-8-4-3-5-9-14)22(2)18(24)16-12-23(21-20-16)17-11-7-6-10-15(17)19/h3-13H,1-2H3/t13-/m0/s1. The molecule has 0 saturated carbocycles. The van der Waals surface area contributed by atoms with Crippen molar-refractivity contribution in [3.63, 3.8) is 0 Å². The van der Waals surface area contributed by atoms with Crippen LogP contribution in [0.5, 0.6) is 0 Å². The summed E-state index contributed by atoms with van der Waals surface area (Å²) in [5, 5.41) is 8.10. The molecule has 0 aliphatic carbocycles. The van der Waals surface area contributed by atoms with Crippen molar-refractivity contribution in [2.24, 2.45) is 0 Å². The van der Waals surface area contributed by atoms with Crippen LogP contribution in [-0.2, 0) is 0 Å². The SMILES string of the molecule is C[C@@H](c1ccccc1)N(C)C(=O)c1cn(-c2ccccc2Br)nn1. The summed E-state index contributed by atoms with van der Waals surface area (Å²) < 4.78 is 2.48. The topological polar surface area (TPSA) is 51.0 Å². The van der Waals surface area contributed by atoms with Gasteiger partial charge in [0.1, 0.15) is 0 Å². The van der Waals surface area contributed by atoms with Crippen molar-refractivity contribution in [1.82, 2.24) is 19.9 Å². The summed E-state index contributed by atoms with van der Waals surface area (Å²) in [6.45, 7) is 1.99. The number of carbonyl (C=O) groups excluding carboxylic acids is 1. The Morgan fingerprint density at radius 1 is 1.12 bits per heavy atom. The van der Waals surface area contributed by atoms with Crippen LogP contribution >= 0.6 is 15.9 Å². The highest BCUT2D eigenvalue weighted by molar-refractivity contribution is 9.10. The van der Waals surface area contributed by atoms with Gasteiger partial charge < -0.3 is 4.90 Å². The second-order valence-corrected chi connectivity index (χ2v) is 6.36. The molecule has 24 heavy (non-hydrogen) atoms. The minimum absolute atomic E-state index is 0.0488. The Bertz CT molecular complexity index is 847.